The molecule has 0 spiro atoms. The number of hydrogen-bond acceptors (Lipinski definition) is 4. The third-order valence-electron chi connectivity index (χ3n) is 6.30. The highest BCUT2D eigenvalue weighted by atomic mass is 19.1. The highest BCUT2D eigenvalue weighted by Gasteiger charge is 2.41. The molecule has 0 saturated carbocycles. The highest BCUT2D eigenvalue weighted by Crippen LogP contribution is 2.41. The molecule has 1 aliphatic rings. The predicted molar refractivity (Wildman–Crippen MR) is 120 cm³/mol. The Labute approximate surface area is 184 Å². The van der Waals surface area contributed by atoms with Crippen LogP contribution in [0.15, 0.2) is 73.3 Å². The van der Waals surface area contributed by atoms with Gasteiger partial charge in [0.25, 0.3) is 0 Å². The summed E-state index contributed by atoms with van der Waals surface area (Å²) in [5.74, 6) is -0.185. The summed E-state index contributed by atoms with van der Waals surface area (Å²) < 4.78 is 19.3. The Kier molecular flexibility index (Phi) is 7.05. The lowest BCUT2D eigenvalue weighted by Gasteiger charge is -2.33. The van der Waals surface area contributed by atoms with Gasteiger partial charge in [0.2, 0.25) is 0 Å². The lowest BCUT2D eigenvalue weighted by atomic mass is 9.82. The first-order valence-corrected chi connectivity index (χ1v) is 11.1. The van der Waals surface area contributed by atoms with Gasteiger partial charge in [-0.1, -0.05) is 24.3 Å². The molecule has 162 valence electrons. The quantitative estimate of drug-likeness (QED) is 0.486. The minimum Gasteiger partial charge on any atom is -0.381 e. The van der Waals surface area contributed by atoms with Crippen LogP contribution in [0.5, 0.6) is 0 Å². The number of rotatable bonds is 9. The molecule has 1 saturated heterocycles. The van der Waals surface area contributed by atoms with E-state index in [2.05, 4.69) is 33.9 Å². The van der Waals surface area contributed by atoms with Gasteiger partial charge in [0, 0.05) is 43.4 Å². The van der Waals surface area contributed by atoms with Gasteiger partial charge in [-0.25, -0.2) is 4.39 Å². The zero-order chi connectivity index (χ0) is 21.5. The number of benzene rings is 1. The highest BCUT2D eigenvalue weighted by molar-refractivity contribution is 5.29. The lowest BCUT2D eigenvalue weighted by molar-refractivity contribution is 0.0473. The zero-order valence-electron chi connectivity index (χ0n) is 18.1. The summed E-state index contributed by atoms with van der Waals surface area (Å²) in [6.45, 7) is 5.45. The first-order valence-electron chi connectivity index (χ1n) is 11.1. The monoisotopic (exact) mass is 419 g/mol. The van der Waals surface area contributed by atoms with E-state index in [9.17, 15) is 4.39 Å². The SMILES string of the molecule is CCOC[C@]1(CCc2ccc(F)cc2)CCN(C(c2cccnc2)c2cccnc2)C1. The summed E-state index contributed by atoms with van der Waals surface area (Å²) in [6, 6.07) is 15.3. The van der Waals surface area contributed by atoms with Crippen LogP contribution in [0.4, 0.5) is 4.39 Å². The molecule has 1 fully saturated rings. The lowest BCUT2D eigenvalue weighted by Crippen LogP contribution is -2.34. The van der Waals surface area contributed by atoms with Gasteiger partial charge in [-0.3, -0.25) is 14.9 Å². The number of nitrogens with zero attached hydrogens (tertiary/aromatic N) is 3. The molecule has 0 N–H and O–H groups in total. The topological polar surface area (TPSA) is 38.2 Å². The van der Waals surface area contributed by atoms with Gasteiger partial charge in [-0.15, -0.1) is 0 Å². The van der Waals surface area contributed by atoms with Gasteiger partial charge in [-0.05, 0) is 73.7 Å². The molecule has 4 rings (SSSR count). The van der Waals surface area contributed by atoms with Crippen molar-refractivity contribution in [2.75, 3.05) is 26.3 Å². The van der Waals surface area contributed by atoms with Crippen molar-refractivity contribution in [3.63, 3.8) is 0 Å². The molecule has 0 amide bonds. The number of ether oxygens (including phenoxy) is 1. The van der Waals surface area contributed by atoms with E-state index < -0.39 is 0 Å². The number of pyridine rings is 2. The largest absolute Gasteiger partial charge is 0.381 e. The first-order chi connectivity index (χ1) is 15.2. The second kappa shape index (κ2) is 10.1. The van der Waals surface area contributed by atoms with E-state index in [1.54, 1.807) is 12.1 Å². The molecular weight excluding hydrogens is 389 g/mol. The maximum absolute atomic E-state index is 13.3. The maximum Gasteiger partial charge on any atom is 0.123 e. The van der Waals surface area contributed by atoms with Gasteiger partial charge < -0.3 is 4.74 Å². The standard InChI is InChI=1S/C26H30FN3O/c1-2-31-20-26(12-11-21-7-9-24(27)10-8-21)13-16-30(19-26)25(22-5-3-14-28-17-22)23-6-4-15-29-18-23/h3-10,14-15,17-18,25H,2,11-13,16,19-20H2,1H3/t26-/m1/s1. The van der Waals surface area contributed by atoms with Gasteiger partial charge in [0.1, 0.15) is 5.82 Å². The van der Waals surface area contributed by atoms with E-state index in [-0.39, 0.29) is 17.3 Å². The van der Waals surface area contributed by atoms with Crippen LogP contribution in [-0.4, -0.2) is 41.2 Å². The van der Waals surface area contributed by atoms with Crippen molar-refractivity contribution in [2.24, 2.45) is 5.41 Å². The smallest absolute Gasteiger partial charge is 0.123 e. The number of halogens is 1. The number of aromatic nitrogens is 2. The van der Waals surface area contributed by atoms with Gasteiger partial charge in [0.05, 0.1) is 12.6 Å². The molecule has 1 atom stereocenters. The van der Waals surface area contributed by atoms with Crippen molar-refractivity contribution < 1.29 is 9.13 Å². The molecule has 0 unspecified atom stereocenters. The van der Waals surface area contributed by atoms with Crippen LogP contribution in [0.1, 0.15) is 42.5 Å². The third kappa shape index (κ3) is 5.35. The number of aryl methyl sites for hydroxylation is 1. The average molecular weight is 420 g/mol. The predicted octanol–water partition coefficient (Wildman–Crippen LogP) is 5.07. The summed E-state index contributed by atoms with van der Waals surface area (Å²) in [6.07, 6.45) is 10.6. The fourth-order valence-corrected chi connectivity index (χ4v) is 4.65. The molecule has 0 radical (unpaired) electrons. The fourth-order valence-electron chi connectivity index (χ4n) is 4.65. The summed E-state index contributed by atoms with van der Waals surface area (Å²) in [4.78, 5) is 11.3. The molecule has 1 aliphatic heterocycles. The molecule has 0 bridgehead atoms. The Bertz CT molecular complexity index is 896. The van der Waals surface area contributed by atoms with Gasteiger partial charge >= 0.3 is 0 Å². The summed E-state index contributed by atoms with van der Waals surface area (Å²) in [7, 11) is 0. The van der Waals surface area contributed by atoms with Crippen molar-refractivity contribution in [1.82, 2.24) is 14.9 Å². The van der Waals surface area contributed by atoms with Crippen LogP contribution in [0.3, 0.4) is 0 Å². The first kappa shape index (κ1) is 21.6. The van der Waals surface area contributed by atoms with Crippen LogP contribution < -0.4 is 0 Å². The van der Waals surface area contributed by atoms with E-state index in [0.717, 1.165) is 39.0 Å². The molecule has 1 aromatic carbocycles. The van der Waals surface area contributed by atoms with E-state index in [1.807, 2.05) is 49.1 Å². The van der Waals surface area contributed by atoms with E-state index in [4.69, 9.17) is 4.74 Å². The number of hydrogen-bond donors (Lipinski definition) is 0. The second-order valence-electron chi connectivity index (χ2n) is 8.46. The normalized spacial score (nSPS) is 19.2. The summed E-state index contributed by atoms with van der Waals surface area (Å²) in [5.41, 5.74) is 3.61. The summed E-state index contributed by atoms with van der Waals surface area (Å²) >= 11 is 0. The van der Waals surface area contributed by atoms with Crippen molar-refractivity contribution in [1.29, 1.82) is 0 Å². The zero-order valence-corrected chi connectivity index (χ0v) is 18.1. The van der Waals surface area contributed by atoms with Gasteiger partial charge in [0.15, 0.2) is 0 Å². The van der Waals surface area contributed by atoms with E-state index in [0.29, 0.717) is 6.61 Å². The van der Waals surface area contributed by atoms with Crippen molar-refractivity contribution in [2.45, 2.75) is 32.2 Å². The van der Waals surface area contributed by atoms with Crippen LogP contribution in [0.2, 0.25) is 0 Å². The molecule has 4 nitrogen and oxygen atoms in total. The van der Waals surface area contributed by atoms with Gasteiger partial charge in [-0.2, -0.15) is 0 Å². The van der Waals surface area contributed by atoms with Crippen LogP contribution >= 0.6 is 0 Å². The minimum absolute atomic E-state index is 0.0765. The molecule has 2 aromatic heterocycles. The molecule has 3 heterocycles. The Morgan fingerprint density at radius 3 is 2.29 bits per heavy atom. The van der Waals surface area contributed by atoms with E-state index in [1.165, 1.54) is 16.7 Å². The minimum atomic E-state index is -0.185. The molecular formula is C26H30FN3O. The Morgan fingerprint density at radius 2 is 1.71 bits per heavy atom. The molecule has 5 heteroatoms. The summed E-state index contributed by atoms with van der Waals surface area (Å²) in [5, 5.41) is 0. The molecule has 31 heavy (non-hydrogen) atoms. The number of likely N-dealkylation sites (tertiary alicyclic amines) is 1. The third-order valence-corrected chi connectivity index (χ3v) is 6.30. The Balaban J connectivity index is 1.56. The Morgan fingerprint density at radius 1 is 1.03 bits per heavy atom. The van der Waals surface area contributed by atoms with Crippen molar-refractivity contribution in [3.05, 3.63) is 95.8 Å². The van der Waals surface area contributed by atoms with Crippen LogP contribution in [-0.2, 0) is 11.2 Å². The average Bonchev–Trinajstić information content (AvgIpc) is 3.23. The van der Waals surface area contributed by atoms with Crippen molar-refractivity contribution in [3.8, 4) is 0 Å². The van der Waals surface area contributed by atoms with E-state index >= 15 is 0 Å². The maximum atomic E-state index is 13.3. The Hall–Kier alpha value is -2.63. The molecule has 3 aromatic rings. The molecule has 0 aliphatic carbocycles. The second-order valence-corrected chi connectivity index (χ2v) is 8.46. The van der Waals surface area contributed by atoms with Crippen LogP contribution in [0.25, 0.3) is 0 Å². The van der Waals surface area contributed by atoms with Crippen LogP contribution in [0, 0.1) is 11.2 Å². The fraction of sp³-hybridized carbons (Fsp3) is 0.385. The van der Waals surface area contributed by atoms with Crippen molar-refractivity contribution >= 4 is 0 Å².